The molecule has 2 atom stereocenters. The van der Waals surface area contributed by atoms with Gasteiger partial charge in [0.1, 0.15) is 0 Å². The van der Waals surface area contributed by atoms with Crippen molar-refractivity contribution in [3.63, 3.8) is 0 Å². The van der Waals surface area contributed by atoms with Crippen molar-refractivity contribution in [2.24, 2.45) is 11.7 Å². The topological polar surface area (TPSA) is 67.6 Å². The molecule has 0 radical (unpaired) electrons. The Bertz CT molecular complexity index is 246. The van der Waals surface area contributed by atoms with Gasteiger partial charge in [-0.3, -0.25) is 4.79 Å². The second kappa shape index (κ2) is 6.93. The Kier molecular flexibility index (Phi) is 5.88. The van der Waals surface area contributed by atoms with Crippen molar-refractivity contribution in [3.05, 3.63) is 0 Å². The number of hydrogen-bond acceptors (Lipinski definition) is 4. The molecule has 3 N–H and O–H groups in total. The van der Waals surface area contributed by atoms with Crippen LogP contribution < -0.4 is 11.1 Å². The van der Waals surface area contributed by atoms with E-state index in [1.54, 1.807) is 7.11 Å². The van der Waals surface area contributed by atoms with Crippen molar-refractivity contribution >= 4 is 5.91 Å². The van der Waals surface area contributed by atoms with Gasteiger partial charge in [0.2, 0.25) is 5.91 Å². The minimum absolute atomic E-state index is 0.253. The van der Waals surface area contributed by atoms with Gasteiger partial charge < -0.3 is 20.7 Å². The molecule has 1 aliphatic heterocycles. The predicted molar refractivity (Wildman–Crippen MR) is 67.7 cm³/mol. The van der Waals surface area contributed by atoms with Crippen LogP contribution in [0.4, 0.5) is 0 Å². The summed E-state index contributed by atoms with van der Waals surface area (Å²) < 4.78 is 5.16. The van der Waals surface area contributed by atoms with Gasteiger partial charge in [0, 0.05) is 26.2 Å². The zero-order valence-electron chi connectivity index (χ0n) is 11.1. The van der Waals surface area contributed by atoms with Crippen LogP contribution in [0.3, 0.4) is 0 Å². The summed E-state index contributed by atoms with van der Waals surface area (Å²) in [5, 5.41) is 3.21. The van der Waals surface area contributed by atoms with E-state index in [1.165, 1.54) is 0 Å². The molecule has 100 valence electrons. The van der Waals surface area contributed by atoms with Crippen molar-refractivity contribution in [1.29, 1.82) is 0 Å². The van der Waals surface area contributed by atoms with E-state index < -0.39 is 0 Å². The molecule has 5 nitrogen and oxygen atoms in total. The zero-order chi connectivity index (χ0) is 12.8. The molecule has 2 unspecified atom stereocenters. The molecule has 0 aromatic heterocycles. The molecule has 0 saturated carbocycles. The Labute approximate surface area is 104 Å². The van der Waals surface area contributed by atoms with E-state index in [4.69, 9.17) is 10.5 Å². The molecule has 1 rings (SSSR count). The average molecular weight is 243 g/mol. The highest BCUT2D eigenvalue weighted by Crippen LogP contribution is 2.16. The number of nitrogens with one attached hydrogen (secondary N) is 1. The Hall–Kier alpha value is -0.650. The van der Waals surface area contributed by atoms with Crippen molar-refractivity contribution in [2.75, 3.05) is 33.4 Å². The molecule has 0 aromatic rings. The summed E-state index contributed by atoms with van der Waals surface area (Å²) in [5.74, 6) is 0.321. The van der Waals surface area contributed by atoms with E-state index in [-0.39, 0.29) is 18.0 Å². The Balaban J connectivity index is 2.38. The Morgan fingerprint density at radius 2 is 2.29 bits per heavy atom. The average Bonchev–Trinajstić information content (AvgIpc) is 2.64. The van der Waals surface area contributed by atoms with Gasteiger partial charge in [-0.1, -0.05) is 13.8 Å². The lowest BCUT2D eigenvalue weighted by Gasteiger charge is -2.24. The minimum Gasteiger partial charge on any atom is -0.384 e. The first-order valence-corrected chi connectivity index (χ1v) is 6.29. The van der Waals surface area contributed by atoms with Crippen LogP contribution >= 0.6 is 0 Å². The SMILES string of the molecule is COCC1CCN(CC(NC(C)C)C(N)=O)C1. The quantitative estimate of drug-likeness (QED) is 0.650. The number of primary amides is 1. The molecular formula is C12H25N3O2. The van der Waals surface area contributed by atoms with Crippen molar-refractivity contribution in [1.82, 2.24) is 10.2 Å². The molecule has 0 spiro atoms. The smallest absolute Gasteiger partial charge is 0.235 e. The van der Waals surface area contributed by atoms with Gasteiger partial charge in [-0.15, -0.1) is 0 Å². The number of methoxy groups -OCH3 is 1. The highest BCUT2D eigenvalue weighted by Gasteiger charge is 2.26. The molecule has 1 aliphatic rings. The number of nitrogens with zero attached hydrogens (tertiary/aromatic N) is 1. The van der Waals surface area contributed by atoms with Gasteiger partial charge in [0.05, 0.1) is 12.6 Å². The molecule has 1 fully saturated rings. The van der Waals surface area contributed by atoms with Gasteiger partial charge in [0.25, 0.3) is 0 Å². The van der Waals surface area contributed by atoms with Gasteiger partial charge in [-0.2, -0.15) is 0 Å². The molecular weight excluding hydrogens is 218 g/mol. The summed E-state index contributed by atoms with van der Waals surface area (Å²) in [6.07, 6.45) is 1.14. The van der Waals surface area contributed by atoms with E-state index in [0.29, 0.717) is 12.5 Å². The fraction of sp³-hybridized carbons (Fsp3) is 0.917. The molecule has 17 heavy (non-hydrogen) atoms. The maximum atomic E-state index is 11.3. The number of amides is 1. The van der Waals surface area contributed by atoms with E-state index in [1.807, 2.05) is 13.8 Å². The van der Waals surface area contributed by atoms with Crippen molar-refractivity contribution in [2.45, 2.75) is 32.4 Å². The van der Waals surface area contributed by atoms with Crippen LogP contribution in [0.15, 0.2) is 0 Å². The maximum Gasteiger partial charge on any atom is 0.235 e. The first kappa shape index (κ1) is 14.4. The molecule has 1 heterocycles. The first-order chi connectivity index (χ1) is 8.02. The Morgan fingerprint density at radius 1 is 1.59 bits per heavy atom. The van der Waals surface area contributed by atoms with Crippen LogP contribution in [0.1, 0.15) is 20.3 Å². The van der Waals surface area contributed by atoms with Crippen LogP contribution in [0.25, 0.3) is 0 Å². The number of hydrogen-bond donors (Lipinski definition) is 2. The maximum absolute atomic E-state index is 11.3. The highest BCUT2D eigenvalue weighted by molar-refractivity contribution is 5.80. The van der Waals surface area contributed by atoms with Crippen LogP contribution in [0.2, 0.25) is 0 Å². The molecule has 5 heteroatoms. The lowest BCUT2D eigenvalue weighted by molar-refractivity contribution is -0.120. The second-order valence-corrected chi connectivity index (χ2v) is 5.15. The fourth-order valence-corrected chi connectivity index (χ4v) is 2.34. The van der Waals surface area contributed by atoms with E-state index in [0.717, 1.165) is 26.1 Å². The van der Waals surface area contributed by atoms with Crippen LogP contribution in [0, 0.1) is 5.92 Å². The van der Waals surface area contributed by atoms with E-state index in [2.05, 4.69) is 10.2 Å². The summed E-state index contributed by atoms with van der Waals surface area (Å²) >= 11 is 0. The van der Waals surface area contributed by atoms with E-state index in [9.17, 15) is 4.79 Å². The predicted octanol–water partition coefficient (Wildman–Crippen LogP) is -0.193. The molecule has 1 saturated heterocycles. The van der Waals surface area contributed by atoms with Crippen LogP contribution in [-0.4, -0.2) is 56.2 Å². The van der Waals surface area contributed by atoms with Crippen molar-refractivity contribution in [3.8, 4) is 0 Å². The summed E-state index contributed by atoms with van der Waals surface area (Å²) in [4.78, 5) is 13.6. The van der Waals surface area contributed by atoms with Crippen LogP contribution in [0.5, 0.6) is 0 Å². The van der Waals surface area contributed by atoms with Gasteiger partial charge in [0.15, 0.2) is 0 Å². The van der Waals surface area contributed by atoms with Crippen molar-refractivity contribution < 1.29 is 9.53 Å². The summed E-state index contributed by atoms with van der Waals surface area (Å²) in [6.45, 7) is 7.57. The molecule has 0 bridgehead atoms. The first-order valence-electron chi connectivity index (χ1n) is 6.29. The monoisotopic (exact) mass is 243 g/mol. The molecule has 1 amide bonds. The number of carbonyl (C=O) groups is 1. The highest BCUT2D eigenvalue weighted by atomic mass is 16.5. The third-order valence-electron chi connectivity index (χ3n) is 3.09. The largest absolute Gasteiger partial charge is 0.384 e. The standard InChI is InChI=1S/C12H25N3O2/c1-9(2)14-11(12(13)16)7-15-5-4-10(6-15)8-17-3/h9-11,14H,4-8H2,1-3H3,(H2,13,16). The molecule has 0 aromatic carbocycles. The molecule has 0 aliphatic carbocycles. The summed E-state index contributed by atoms with van der Waals surface area (Å²) in [5.41, 5.74) is 5.40. The van der Waals surface area contributed by atoms with Gasteiger partial charge in [-0.25, -0.2) is 0 Å². The number of ether oxygens (including phenoxy) is 1. The third kappa shape index (κ3) is 5.02. The normalized spacial score (nSPS) is 23.2. The lowest BCUT2D eigenvalue weighted by atomic mass is 10.1. The van der Waals surface area contributed by atoms with Crippen LogP contribution in [-0.2, 0) is 9.53 Å². The number of nitrogens with two attached hydrogens (primary N) is 1. The number of likely N-dealkylation sites (tertiary alicyclic amines) is 1. The third-order valence-corrected chi connectivity index (χ3v) is 3.09. The summed E-state index contributed by atoms with van der Waals surface area (Å²) in [7, 11) is 1.73. The fourth-order valence-electron chi connectivity index (χ4n) is 2.34. The zero-order valence-corrected chi connectivity index (χ0v) is 11.1. The number of rotatable bonds is 7. The summed E-state index contributed by atoms with van der Waals surface area (Å²) in [6, 6.07) is 0.0150. The Morgan fingerprint density at radius 3 is 2.82 bits per heavy atom. The second-order valence-electron chi connectivity index (χ2n) is 5.15. The minimum atomic E-state index is -0.270. The van der Waals surface area contributed by atoms with Gasteiger partial charge in [-0.05, 0) is 18.9 Å². The van der Waals surface area contributed by atoms with E-state index >= 15 is 0 Å². The lowest BCUT2D eigenvalue weighted by Crippen LogP contribution is -2.51. The number of carbonyl (C=O) groups excluding carboxylic acids is 1. The van der Waals surface area contributed by atoms with Gasteiger partial charge >= 0.3 is 0 Å².